The van der Waals surface area contributed by atoms with Crippen molar-refractivity contribution in [1.29, 1.82) is 0 Å². The van der Waals surface area contributed by atoms with E-state index in [1.54, 1.807) is 20.8 Å². The molecule has 0 aliphatic carbocycles. The van der Waals surface area contributed by atoms with E-state index in [-0.39, 0.29) is 36.8 Å². The molecule has 0 saturated heterocycles. The van der Waals surface area contributed by atoms with Crippen LogP contribution in [0.3, 0.4) is 0 Å². The summed E-state index contributed by atoms with van der Waals surface area (Å²) in [6, 6.07) is 9.90. The normalized spacial score (nSPS) is 12.1. The highest BCUT2D eigenvalue weighted by Gasteiger charge is 2.18. The van der Waals surface area contributed by atoms with Crippen LogP contribution in [-0.2, 0) is 20.9 Å². The summed E-state index contributed by atoms with van der Waals surface area (Å²) in [5.41, 5.74) is 0.434. The van der Waals surface area contributed by atoms with E-state index >= 15 is 0 Å². The van der Waals surface area contributed by atoms with Gasteiger partial charge in [-0.2, -0.15) is 0 Å². The predicted octanol–water partition coefficient (Wildman–Crippen LogP) is 3.65. The lowest BCUT2D eigenvalue weighted by atomic mass is 10.1. The average molecular weight is 664 g/mol. The number of carboxylic acid groups (broad SMARTS) is 2. The molecule has 0 saturated carbocycles. The zero-order valence-electron chi connectivity index (χ0n) is 28.1. The molecule has 0 aromatic heterocycles. The molecular formula is C32H53N7O8. The lowest BCUT2D eigenvalue weighted by molar-refractivity contribution is -0.129. The van der Waals surface area contributed by atoms with E-state index in [4.69, 9.17) is 14.9 Å². The molecule has 264 valence electrons. The Kier molecular flexibility index (Phi) is 19.9. The second-order valence-corrected chi connectivity index (χ2v) is 12.2. The van der Waals surface area contributed by atoms with Crippen LogP contribution < -0.4 is 26.6 Å². The minimum absolute atomic E-state index is 0.157. The van der Waals surface area contributed by atoms with Gasteiger partial charge in [-0.05, 0) is 71.9 Å². The van der Waals surface area contributed by atoms with E-state index in [1.807, 2.05) is 30.4 Å². The molecule has 0 bridgehead atoms. The van der Waals surface area contributed by atoms with Gasteiger partial charge in [-0.1, -0.05) is 43.2 Å². The van der Waals surface area contributed by atoms with Crippen molar-refractivity contribution in [3.8, 4) is 0 Å². The molecule has 0 fully saturated rings. The summed E-state index contributed by atoms with van der Waals surface area (Å²) in [4.78, 5) is 64.4. The molecule has 15 nitrogen and oxygen atoms in total. The molecule has 0 radical (unpaired) electrons. The smallest absolute Gasteiger partial charge is 0.414 e. The second kappa shape index (κ2) is 23.0. The van der Waals surface area contributed by atoms with Crippen LogP contribution in [0.2, 0.25) is 0 Å². The minimum Gasteiger partial charge on any atom is -0.465 e. The Labute approximate surface area is 277 Å². The Morgan fingerprint density at radius 3 is 2.04 bits per heavy atom. The van der Waals surface area contributed by atoms with Crippen molar-refractivity contribution >= 4 is 36.1 Å². The molecule has 0 aliphatic heterocycles. The molecule has 1 atom stereocenters. The van der Waals surface area contributed by atoms with Crippen LogP contribution in [0.15, 0.2) is 35.3 Å². The van der Waals surface area contributed by atoms with Crippen molar-refractivity contribution in [1.82, 2.24) is 31.5 Å². The summed E-state index contributed by atoms with van der Waals surface area (Å²) >= 11 is 0. The number of ether oxygens (including phenoxy) is 1. The first-order valence-corrected chi connectivity index (χ1v) is 16.1. The number of hydrogen-bond acceptors (Lipinski definition) is 8. The van der Waals surface area contributed by atoms with Crippen LogP contribution in [-0.4, -0.2) is 95.5 Å². The van der Waals surface area contributed by atoms with Gasteiger partial charge in [0, 0.05) is 38.8 Å². The predicted molar refractivity (Wildman–Crippen MR) is 178 cm³/mol. The van der Waals surface area contributed by atoms with E-state index in [0.29, 0.717) is 32.4 Å². The number of benzene rings is 1. The number of unbranched alkanes of at least 4 members (excludes halogenated alkanes) is 4. The Morgan fingerprint density at radius 1 is 0.830 bits per heavy atom. The standard InChI is InChI=1S/C32H53N7O8/c1-24(36-29(42)43)16-21-39(23-25-14-8-7-9-15-25)20-13-12-18-34-27(41)22-26(40)33-17-10-5-6-11-19-35-28(37-30(44)45)38-31(46)47-32(2,3)4/h7-9,14-15,24,36H,5-6,10-13,16-23H2,1-4H3,(H,33,40)(H,34,41)(H,42,43)(H,44,45)(H2,35,37,38,46). The highest BCUT2D eigenvalue weighted by atomic mass is 16.6. The highest BCUT2D eigenvalue weighted by Crippen LogP contribution is 2.08. The molecule has 0 aliphatic rings. The van der Waals surface area contributed by atoms with Gasteiger partial charge in [0.15, 0.2) is 0 Å². The van der Waals surface area contributed by atoms with E-state index in [1.165, 1.54) is 5.56 Å². The van der Waals surface area contributed by atoms with E-state index in [2.05, 4.69) is 43.3 Å². The van der Waals surface area contributed by atoms with Crippen LogP contribution in [0.1, 0.15) is 84.6 Å². The first kappa shape index (κ1) is 40.6. The van der Waals surface area contributed by atoms with Gasteiger partial charge >= 0.3 is 18.3 Å². The van der Waals surface area contributed by atoms with Gasteiger partial charge in [0.1, 0.15) is 12.0 Å². The number of nitrogens with zero attached hydrogens (tertiary/aromatic N) is 2. The highest BCUT2D eigenvalue weighted by molar-refractivity contribution is 6.00. The van der Waals surface area contributed by atoms with Crippen LogP contribution in [0.25, 0.3) is 0 Å². The van der Waals surface area contributed by atoms with Gasteiger partial charge in [-0.25, -0.2) is 14.4 Å². The molecule has 0 spiro atoms. The zero-order valence-corrected chi connectivity index (χ0v) is 28.1. The fourth-order valence-corrected chi connectivity index (χ4v) is 4.35. The van der Waals surface area contributed by atoms with Crippen molar-refractivity contribution < 1.29 is 38.9 Å². The first-order valence-electron chi connectivity index (χ1n) is 16.1. The molecular weight excluding hydrogens is 610 g/mol. The van der Waals surface area contributed by atoms with Gasteiger partial charge < -0.3 is 30.9 Å². The summed E-state index contributed by atoms with van der Waals surface area (Å²) in [5.74, 6) is -0.886. The fraction of sp³-hybridized carbons (Fsp3) is 0.625. The maximum Gasteiger partial charge on any atom is 0.414 e. The summed E-state index contributed by atoms with van der Waals surface area (Å²) in [6.07, 6.45) is 1.73. The number of nitrogens with one attached hydrogen (secondary N) is 5. The SMILES string of the molecule is CC(CCN(CCCCNC(=O)CC(=O)NCCCCCCN=C(NC(=O)O)NC(=O)OC(C)(C)C)Cc1ccccc1)NC(=O)O. The first-order chi connectivity index (χ1) is 22.2. The van der Waals surface area contributed by atoms with Crippen molar-refractivity contribution in [3.63, 3.8) is 0 Å². The third-order valence-electron chi connectivity index (χ3n) is 6.56. The lowest BCUT2D eigenvalue weighted by Crippen LogP contribution is -2.45. The number of rotatable bonds is 20. The van der Waals surface area contributed by atoms with Gasteiger partial charge in [0.25, 0.3) is 0 Å². The van der Waals surface area contributed by atoms with Gasteiger partial charge in [-0.3, -0.25) is 30.1 Å². The lowest BCUT2D eigenvalue weighted by Gasteiger charge is -2.24. The minimum atomic E-state index is -1.36. The average Bonchev–Trinajstić information content (AvgIpc) is 2.95. The number of amides is 5. The van der Waals surface area contributed by atoms with Crippen LogP contribution in [0.5, 0.6) is 0 Å². The molecule has 15 heteroatoms. The molecule has 1 rings (SSSR count). The number of alkyl carbamates (subject to hydrolysis) is 1. The molecule has 1 aromatic carbocycles. The van der Waals surface area contributed by atoms with Gasteiger partial charge in [0.05, 0.1) is 0 Å². The summed E-state index contributed by atoms with van der Waals surface area (Å²) in [7, 11) is 0. The Bertz CT molecular complexity index is 1140. The Morgan fingerprint density at radius 2 is 1.45 bits per heavy atom. The fourth-order valence-electron chi connectivity index (χ4n) is 4.35. The Balaban J connectivity index is 2.23. The van der Waals surface area contributed by atoms with Crippen molar-refractivity contribution in [2.45, 2.75) is 97.2 Å². The molecule has 7 N–H and O–H groups in total. The van der Waals surface area contributed by atoms with Crippen molar-refractivity contribution in [3.05, 3.63) is 35.9 Å². The number of carbonyl (C=O) groups excluding carboxylic acids is 3. The molecule has 1 unspecified atom stereocenters. The van der Waals surface area contributed by atoms with Crippen LogP contribution >= 0.6 is 0 Å². The molecule has 47 heavy (non-hydrogen) atoms. The van der Waals surface area contributed by atoms with Crippen LogP contribution in [0, 0.1) is 0 Å². The Hall–Kier alpha value is -4.40. The van der Waals surface area contributed by atoms with Crippen molar-refractivity contribution in [2.24, 2.45) is 4.99 Å². The molecule has 1 aromatic rings. The number of carbonyl (C=O) groups is 5. The second-order valence-electron chi connectivity index (χ2n) is 12.2. The van der Waals surface area contributed by atoms with E-state index in [9.17, 15) is 24.0 Å². The van der Waals surface area contributed by atoms with Crippen LogP contribution in [0.4, 0.5) is 14.4 Å². The maximum atomic E-state index is 12.2. The van der Waals surface area contributed by atoms with Crippen molar-refractivity contribution in [2.75, 3.05) is 32.7 Å². The summed E-state index contributed by atoms with van der Waals surface area (Å²) in [5, 5.41) is 30.2. The number of guanidine groups is 1. The number of aliphatic imine (C=N–C) groups is 1. The topological polar surface area (TPSA) is 211 Å². The summed E-state index contributed by atoms with van der Waals surface area (Å²) in [6.45, 7) is 10.4. The molecule has 0 heterocycles. The van der Waals surface area contributed by atoms with Gasteiger partial charge in [0.2, 0.25) is 17.8 Å². The summed E-state index contributed by atoms with van der Waals surface area (Å²) < 4.78 is 5.10. The zero-order chi connectivity index (χ0) is 35.1. The third kappa shape index (κ3) is 23.6. The number of hydrogen-bond donors (Lipinski definition) is 7. The monoisotopic (exact) mass is 663 g/mol. The van der Waals surface area contributed by atoms with Gasteiger partial charge in [-0.15, -0.1) is 0 Å². The van der Waals surface area contributed by atoms with E-state index < -0.39 is 23.9 Å². The quantitative estimate of drug-likeness (QED) is 0.0469. The maximum absolute atomic E-state index is 12.2. The third-order valence-corrected chi connectivity index (χ3v) is 6.56. The molecule has 5 amide bonds. The van der Waals surface area contributed by atoms with E-state index in [0.717, 1.165) is 45.3 Å². The largest absolute Gasteiger partial charge is 0.465 e.